The van der Waals surface area contributed by atoms with E-state index in [1.165, 1.54) is 6.26 Å². The monoisotopic (exact) mass is 488 g/mol. The van der Waals surface area contributed by atoms with E-state index in [4.69, 9.17) is 18.9 Å². The van der Waals surface area contributed by atoms with Crippen LogP contribution in [0.2, 0.25) is 0 Å². The van der Waals surface area contributed by atoms with Gasteiger partial charge in [0.1, 0.15) is 11.5 Å². The minimum absolute atomic E-state index is 0.137. The van der Waals surface area contributed by atoms with Crippen LogP contribution in [0.5, 0.6) is 11.5 Å². The van der Waals surface area contributed by atoms with Gasteiger partial charge in [0.15, 0.2) is 5.76 Å². The van der Waals surface area contributed by atoms with Crippen LogP contribution < -0.4 is 9.47 Å². The largest absolute Gasteiger partial charge is 0.465 e. The lowest BCUT2D eigenvalue weighted by molar-refractivity contribution is -0.136. The Bertz CT molecular complexity index is 1490. The maximum absolute atomic E-state index is 11.6. The van der Waals surface area contributed by atoms with E-state index in [0.717, 1.165) is 17.7 Å². The molecule has 0 unspecified atom stereocenters. The smallest absolute Gasteiger partial charge is 0.349 e. The summed E-state index contributed by atoms with van der Waals surface area (Å²) < 4.78 is 21.1. The number of rotatable bonds is 10. The van der Waals surface area contributed by atoms with Crippen LogP contribution in [-0.2, 0) is 19.1 Å². The molecule has 6 heteroatoms. The minimum Gasteiger partial charge on any atom is -0.465 e. The van der Waals surface area contributed by atoms with Gasteiger partial charge in [0.2, 0.25) is 0 Å². The van der Waals surface area contributed by atoms with Crippen molar-refractivity contribution < 1.29 is 28.5 Å². The second-order valence-corrected chi connectivity index (χ2v) is 6.46. The predicted octanol–water partition coefficient (Wildman–Crippen LogP) is 6.10. The molecular formula is C31H20O6. The van der Waals surface area contributed by atoms with Crippen molar-refractivity contribution in [1.82, 2.24) is 0 Å². The van der Waals surface area contributed by atoms with Gasteiger partial charge in [-0.2, -0.15) is 0 Å². The van der Waals surface area contributed by atoms with Crippen molar-refractivity contribution in [3.8, 4) is 11.5 Å². The zero-order valence-corrected chi connectivity index (χ0v) is 19.7. The highest BCUT2D eigenvalue weighted by atomic mass is 16.7. The first-order chi connectivity index (χ1) is 18.0. The summed E-state index contributed by atoms with van der Waals surface area (Å²) in [7, 11) is 0. The molecule has 0 amide bonds. The molecule has 0 aliphatic rings. The van der Waals surface area contributed by atoms with E-state index in [9.17, 15) is 9.59 Å². The Hall–Kier alpha value is -5.86. The first-order valence-corrected chi connectivity index (χ1v) is 10.4. The van der Waals surface area contributed by atoms with Gasteiger partial charge in [-0.15, -0.1) is 0 Å². The highest BCUT2D eigenvalue weighted by Gasteiger charge is 2.07. The van der Waals surface area contributed by atoms with Crippen molar-refractivity contribution in [2.45, 2.75) is 0 Å². The topological polar surface area (TPSA) is 71.1 Å². The molecule has 0 bridgehead atoms. The minimum atomic E-state index is -0.702. The van der Waals surface area contributed by atoms with Gasteiger partial charge >= 0.3 is 17.9 Å². The van der Waals surface area contributed by atoms with Crippen LogP contribution in [0.25, 0.3) is 11.8 Å². The van der Waals surface area contributed by atoms with E-state index >= 15 is 0 Å². The van der Waals surface area contributed by atoms with Crippen LogP contribution in [-0.4, -0.2) is 11.9 Å². The molecule has 180 valence electrons. The summed E-state index contributed by atoms with van der Waals surface area (Å²) in [5.41, 5.74) is 18.9. The molecule has 6 nitrogen and oxygen atoms in total. The molecule has 2 aromatic carbocycles. The fourth-order valence-electron chi connectivity index (χ4n) is 2.37. The molecule has 0 atom stereocenters. The molecule has 2 rings (SSSR count). The van der Waals surface area contributed by atoms with Crippen molar-refractivity contribution in [3.63, 3.8) is 0 Å². The summed E-state index contributed by atoms with van der Waals surface area (Å²) in [6.45, 7) is 13.4. The van der Waals surface area contributed by atoms with Crippen LogP contribution in [0.1, 0.15) is 11.1 Å². The van der Waals surface area contributed by atoms with Gasteiger partial charge in [0.05, 0.1) is 6.26 Å². The average molecular weight is 488 g/mol. The van der Waals surface area contributed by atoms with E-state index in [-0.39, 0.29) is 11.7 Å². The number of hydrogen-bond donors (Lipinski definition) is 0. The Morgan fingerprint density at radius 2 is 1.38 bits per heavy atom. The van der Waals surface area contributed by atoms with Gasteiger partial charge in [0.25, 0.3) is 0 Å². The van der Waals surface area contributed by atoms with Crippen LogP contribution in [0.4, 0.5) is 0 Å². The lowest BCUT2D eigenvalue weighted by Crippen LogP contribution is -2.05. The van der Waals surface area contributed by atoms with Gasteiger partial charge in [-0.25, -0.2) is 9.59 Å². The van der Waals surface area contributed by atoms with Crippen molar-refractivity contribution in [2.24, 2.45) is 0 Å². The van der Waals surface area contributed by atoms with Crippen molar-refractivity contribution in [3.05, 3.63) is 150 Å². The molecule has 0 N–H and O–H groups in total. The number of ether oxygens (including phenoxy) is 4. The van der Waals surface area contributed by atoms with E-state index in [1.54, 1.807) is 54.6 Å². The molecule has 0 heterocycles. The van der Waals surface area contributed by atoms with E-state index in [1.807, 2.05) is 0 Å². The molecule has 0 radical (unpaired) electrons. The van der Waals surface area contributed by atoms with E-state index < -0.39 is 11.9 Å². The summed E-state index contributed by atoms with van der Waals surface area (Å²) >= 11 is 0. The quantitative estimate of drug-likeness (QED) is 0.174. The molecule has 37 heavy (non-hydrogen) atoms. The lowest BCUT2D eigenvalue weighted by atomic mass is 10.1. The SMILES string of the molecule is C=C=C=C=C=C=C(OC(=O)C=C)c1ccc(C=COc2ccc(OC(=C=C=C)OC(=O)C=C)cc2)cc1. The third-order valence-corrected chi connectivity index (χ3v) is 3.98. The van der Waals surface area contributed by atoms with Gasteiger partial charge < -0.3 is 18.9 Å². The first-order valence-electron chi connectivity index (χ1n) is 10.4. The zero-order chi connectivity index (χ0) is 26.9. The van der Waals surface area contributed by atoms with Crippen molar-refractivity contribution in [2.75, 3.05) is 0 Å². The van der Waals surface area contributed by atoms with Crippen LogP contribution in [0, 0.1) is 0 Å². The molecule has 0 aromatic heterocycles. The summed E-state index contributed by atoms with van der Waals surface area (Å²) in [5.74, 6) is -0.504. The highest BCUT2D eigenvalue weighted by Crippen LogP contribution is 2.21. The normalized spacial score (nSPS) is 8.86. The molecular weight excluding hydrogens is 468 g/mol. The number of esters is 2. The van der Waals surface area contributed by atoms with E-state index in [0.29, 0.717) is 17.1 Å². The number of hydrogen-bond acceptors (Lipinski definition) is 6. The summed E-state index contributed by atoms with van der Waals surface area (Å²) in [6, 6.07) is 13.6. The van der Waals surface area contributed by atoms with Crippen LogP contribution in [0.3, 0.4) is 0 Å². The third kappa shape index (κ3) is 9.88. The highest BCUT2D eigenvalue weighted by molar-refractivity contribution is 5.86. The van der Waals surface area contributed by atoms with Gasteiger partial charge in [-0.1, -0.05) is 36.8 Å². The van der Waals surface area contributed by atoms with Crippen LogP contribution >= 0.6 is 0 Å². The Balaban J connectivity index is 2.09. The second-order valence-electron chi connectivity index (χ2n) is 6.46. The number of carbonyl (C=O) groups excluding carboxylic acids is 2. The number of benzene rings is 2. The standard InChI is InChI=1S/C31H20O6/c1-5-9-10-11-13-28(36-29(32)7-3)25-16-14-24(15-17-25)22-23-34-26-18-20-27(21-19-26)35-31(12-6-2)37-30(33)8-4/h7-8,14-23H,1-4H2. The lowest BCUT2D eigenvalue weighted by Gasteiger charge is -2.07. The Morgan fingerprint density at radius 3 is 2.00 bits per heavy atom. The summed E-state index contributed by atoms with van der Waals surface area (Å²) in [5, 5.41) is 0. The molecule has 0 saturated heterocycles. The summed E-state index contributed by atoms with van der Waals surface area (Å²) in [4.78, 5) is 23.0. The predicted molar refractivity (Wildman–Crippen MR) is 139 cm³/mol. The Morgan fingerprint density at radius 1 is 0.730 bits per heavy atom. The molecule has 0 spiro atoms. The molecule has 2 aromatic rings. The van der Waals surface area contributed by atoms with Crippen LogP contribution in [0.15, 0.2) is 139 Å². The molecule has 0 aliphatic carbocycles. The molecule has 0 aliphatic heterocycles. The Kier molecular flexibility index (Phi) is 11.2. The zero-order valence-electron chi connectivity index (χ0n) is 19.7. The summed E-state index contributed by atoms with van der Waals surface area (Å²) in [6.07, 6.45) is 5.29. The first kappa shape index (κ1) is 27.4. The third-order valence-electron chi connectivity index (χ3n) is 3.98. The second kappa shape index (κ2) is 15.1. The Labute approximate surface area is 214 Å². The van der Waals surface area contributed by atoms with Gasteiger partial charge in [-0.05, 0) is 84.1 Å². The van der Waals surface area contributed by atoms with Gasteiger partial charge in [-0.3, -0.25) is 0 Å². The van der Waals surface area contributed by atoms with E-state index in [2.05, 4.69) is 66.4 Å². The fraction of sp³-hybridized carbons (Fsp3) is 0. The molecule has 0 saturated carbocycles. The van der Waals surface area contributed by atoms with Crippen molar-refractivity contribution >= 4 is 23.8 Å². The maximum Gasteiger partial charge on any atom is 0.349 e. The number of carbonyl (C=O) groups is 2. The molecule has 0 fully saturated rings. The average Bonchev–Trinajstić information content (AvgIpc) is 2.91. The van der Waals surface area contributed by atoms with Gasteiger partial charge in [0, 0.05) is 23.4 Å². The fourth-order valence-corrected chi connectivity index (χ4v) is 2.37. The van der Waals surface area contributed by atoms with Crippen molar-refractivity contribution in [1.29, 1.82) is 0 Å². The maximum atomic E-state index is 11.6.